The van der Waals surface area contributed by atoms with Crippen molar-refractivity contribution in [2.45, 2.75) is 90.8 Å². The summed E-state index contributed by atoms with van der Waals surface area (Å²) in [5, 5.41) is -0.128. The number of fused-ring (bicyclic) bond motifs is 1. The molecule has 0 N–H and O–H groups in total. The Morgan fingerprint density at radius 3 is 2.00 bits per heavy atom. The van der Waals surface area contributed by atoms with Gasteiger partial charge in [0.1, 0.15) is 5.75 Å². The summed E-state index contributed by atoms with van der Waals surface area (Å²) in [6, 6.07) is 18.0. The molecule has 2 aromatic rings. The Labute approximate surface area is 276 Å². The highest BCUT2D eigenvalue weighted by molar-refractivity contribution is 6.74. The van der Waals surface area contributed by atoms with Gasteiger partial charge >= 0.3 is 11.9 Å². The van der Waals surface area contributed by atoms with E-state index in [4.69, 9.17) is 28.1 Å². The normalized spacial score (nSPS) is 23.7. The summed E-state index contributed by atoms with van der Waals surface area (Å²) in [4.78, 5) is 27.9. The number of benzene rings is 2. The van der Waals surface area contributed by atoms with E-state index in [0.717, 1.165) is 23.3 Å². The second-order valence-electron chi connectivity index (χ2n) is 14.2. The molecular weight excluding hydrogens is 600 g/mol. The van der Waals surface area contributed by atoms with E-state index in [1.165, 1.54) is 0 Å². The Kier molecular flexibility index (Phi) is 11.8. The third kappa shape index (κ3) is 7.38. The molecule has 0 aliphatic heterocycles. The largest absolute Gasteiger partial charge is 0.497 e. The van der Waals surface area contributed by atoms with Crippen molar-refractivity contribution in [2.24, 2.45) is 23.2 Å². The lowest BCUT2D eigenvalue weighted by atomic mass is 9.76. The van der Waals surface area contributed by atoms with E-state index in [9.17, 15) is 9.59 Å². The summed E-state index contributed by atoms with van der Waals surface area (Å²) in [5.74, 6) is -0.412. The molecular formula is C37H54O8Si. The molecule has 2 unspecified atom stereocenters. The predicted octanol–water partition coefficient (Wildman–Crippen LogP) is 7.35. The van der Waals surface area contributed by atoms with E-state index in [2.05, 4.69) is 46.0 Å². The Balaban J connectivity index is 1.63. The monoisotopic (exact) mass is 654 g/mol. The van der Waals surface area contributed by atoms with Crippen LogP contribution in [0.15, 0.2) is 54.6 Å². The van der Waals surface area contributed by atoms with Gasteiger partial charge in [-0.2, -0.15) is 0 Å². The van der Waals surface area contributed by atoms with Crippen molar-refractivity contribution in [1.29, 1.82) is 0 Å². The second-order valence-corrected chi connectivity index (χ2v) is 18.9. The third-order valence-corrected chi connectivity index (χ3v) is 14.9. The van der Waals surface area contributed by atoms with Crippen molar-refractivity contribution in [3.8, 4) is 5.75 Å². The van der Waals surface area contributed by atoms with Crippen LogP contribution in [0.2, 0.25) is 18.1 Å². The van der Waals surface area contributed by atoms with Crippen LogP contribution >= 0.6 is 0 Å². The van der Waals surface area contributed by atoms with E-state index >= 15 is 0 Å². The first-order chi connectivity index (χ1) is 21.9. The zero-order chi connectivity index (χ0) is 33.6. The highest BCUT2D eigenvalue weighted by atomic mass is 28.4. The number of carbonyl (C=O) groups is 2. The van der Waals surface area contributed by atoms with Crippen LogP contribution in [0, 0.1) is 23.2 Å². The van der Waals surface area contributed by atoms with Gasteiger partial charge in [0, 0.05) is 12.5 Å². The fraction of sp³-hybridized carbons (Fsp3) is 0.622. The molecule has 0 amide bonds. The van der Waals surface area contributed by atoms with Gasteiger partial charge in [-0.25, -0.2) is 0 Å². The number of carbonyl (C=O) groups excluding carboxylic acids is 2. The van der Waals surface area contributed by atoms with Crippen molar-refractivity contribution >= 4 is 20.3 Å². The van der Waals surface area contributed by atoms with Crippen LogP contribution in [-0.4, -0.2) is 59.4 Å². The topological polar surface area (TPSA) is 89.5 Å². The van der Waals surface area contributed by atoms with Crippen molar-refractivity contribution in [3.05, 3.63) is 65.7 Å². The fourth-order valence-corrected chi connectivity index (χ4v) is 8.51. The molecule has 2 aliphatic carbocycles. The number of hydrogen-bond acceptors (Lipinski definition) is 8. The maximum absolute atomic E-state index is 14.0. The first-order valence-electron chi connectivity index (χ1n) is 16.7. The smallest absolute Gasteiger partial charge is 0.326 e. The summed E-state index contributed by atoms with van der Waals surface area (Å²) in [7, 11) is -0.796. The summed E-state index contributed by atoms with van der Waals surface area (Å²) in [6.07, 6.45) is 1.88. The molecule has 254 valence electrons. The van der Waals surface area contributed by atoms with E-state index in [1.54, 1.807) is 21.0 Å². The van der Waals surface area contributed by atoms with Gasteiger partial charge in [0.15, 0.2) is 13.7 Å². The lowest BCUT2D eigenvalue weighted by molar-refractivity contribution is -0.168. The van der Waals surface area contributed by atoms with Gasteiger partial charge in [-0.15, -0.1) is 0 Å². The molecule has 9 heteroatoms. The van der Waals surface area contributed by atoms with Crippen LogP contribution in [0.1, 0.15) is 65.0 Å². The molecule has 4 atom stereocenters. The molecule has 0 bridgehead atoms. The van der Waals surface area contributed by atoms with Gasteiger partial charge in [-0.3, -0.25) is 9.59 Å². The van der Waals surface area contributed by atoms with Gasteiger partial charge in [0.2, 0.25) is 0 Å². The van der Waals surface area contributed by atoms with Crippen molar-refractivity contribution in [2.75, 3.05) is 33.5 Å². The van der Waals surface area contributed by atoms with Crippen molar-refractivity contribution in [3.63, 3.8) is 0 Å². The molecule has 2 aromatic carbocycles. The molecule has 0 aromatic heterocycles. The summed E-state index contributed by atoms with van der Waals surface area (Å²) >= 11 is 0. The molecule has 0 radical (unpaired) electrons. The van der Waals surface area contributed by atoms with Gasteiger partial charge in [0.05, 0.1) is 45.7 Å². The SMILES string of the molecule is CCOC(=O)C1(C(=O)OCC)C2C[C@H](COCc3ccccc3)[C@@H](CCOCc3ccc(OC)cc3)CC21O[Si](C)(C)C(C)(C)C. The minimum Gasteiger partial charge on any atom is -0.497 e. The van der Waals surface area contributed by atoms with E-state index in [0.29, 0.717) is 39.3 Å². The molecule has 2 fully saturated rings. The first-order valence-corrected chi connectivity index (χ1v) is 19.6. The quantitative estimate of drug-likeness (QED) is 0.0804. The Bertz CT molecular complexity index is 1270. The van der Waals surface area contributed by atoms with Crippen LogP contribution in [0.5, 0.6) is 5.75 Å². The fourth-order valence-electron chi connectivity index (χ4n) is 6.91. The van der Waals surface area contributed by atoms with Crippen LogP contribution in [0.25, 0.3) is 0 Å². The molecule has 46 heavy (non-hydrogen) atoms. The lowest BCUT2D eigenvalue weighted by Gasteiger charge is -2.44. The van der Waals surface area contributed by atoms with Crippen molar-refractivity contribution in [1.82, 2.24) is 0 Å². The number of rotatable bonds is 16. The highest BCUT2D eigenvalue weighted by Gasteiger charge is 2.89. The van der Waals surface area contributed by atoms with Crippen molar-refractivity contribution < 1.29 is 37.7 Å². The maximum Gasteiger partial charge on any atom is 0.326 e. The summed E-state index contributed by atoms with van der Waals surface area (Å²) in [5.41, 5.74) is -0.321. The molecule has 0 spiro atoms. The standard InChI is InChI=1S/C37H54O8Si/c1-9-43-33(38)37(34(39)44-10-2)32-22-30(26-42-25-27-14-12-11-13-15-27)29(23-36(32,37)45-46(7,8)35(3,4)5)20-21-41-24-28-16-18-31(40-6)19-17-28/h11-19,29-30,32H,9-10,20-26H2,1-8H3/t29-,30+,32?,36?/m0/s1. The van der Waals surface area contributed by atoms with Crippen LogP contribution in [-0.2, 0) is 46.2 Å². The van der Waals surface area contributed by atoms with Crippen LogP contribution in [0.3, 0.4) is 0 Å². The molecule has 0 saturated heterocycles. The minimum atomic E-state index is -2.45. The molecule has 4 rings (SSSR count). The van der Waals surface area contributed by atoms with Gasteiger partial charge in [-0.05, 0) is 86.3 Å². The average Bonchev–Trinajstić information content (AvgIpc) is 3.60. The molecule has 0 heterocycles. The summed E-state index contributed by atoms with van der Waals surface area (Å²) in [6.45, 7) is 16.8. The van der Waals surface area contributed by atoms with Crippen LogP contribution in [0.4, 0.5) is 0 Å². The van der Waals surface area contributed by atoms with Gasteiger partial charge in [-0.1, -0.05) is 63.2 Å². The molecule has 2 saturated carbocycles. The Morgan fingerprint density at radius 1 is 0.848 bits per heavy atom. The van der Waals surface area contributed by atoms with Gasteiger partial charge < -0.3 is 28.1 Å². The second kappa shape index (κ2) is 15.0. The zero-order valence-electron chi connectivity index (χ0n) is 29.1. The number of methoxy groups -OCH3 is 1. The Morgan fingerprint density at radius 2 is 1.43 bits per heavy atom. The van der Waals surface area contributed by atoms with Gasteiger partial charge in [0.25, 0.3) is 0 Å². The Hall–Kier alpha value is -2.72. The minimum absolute atomic E-state index is 0.0957. The number of hydrogen-bond donors (Lipinski definition) is 0. The first kappa shape index (κ1) is 36.1. The number of ether oxygens (including phenoxy) is 5. The third-order valence-electron chi connectivity index (χ3n) is 10.4. The van der Waals surface area contributed by atoms with E-state index in [-0.39, 0.29) is 36.0 Å². The zero-order valence-corrected chi connectivity index (χ0v) is 30.1. The highest BCUT2D eigenvalue weighted by Crippen LogP contribution is 2.74. The average molecular weight is 655 g/mol. The lowest BCUT2D eigenvalue weighted by Crippen LogP contribution is -2.51. The molecule has 8 nitrogen and oxygen atoms in total. The molecule has 2 aliphatic rings. The van der Waals surface area contributed by atoms with E-state index < -0.39 is 31.3 Å². The summed E-state index contributed by atoms with van der Waals surface area (Å²) < 4.78 is 36.3. The number of esters is 2. The van der Waals surface area contributed by atoms with E-state index in [1.807, 2.05) is 42.5 Å². The maximum atomic E-state index is 14.0. The van der Waals surface area contributed by atoms with Crippen LogP contribution < -0.4 is 4.74 Å². The predicted molar refractivity (Wildman–Crippen MR) is 180 cm³/mol.